The highest BCUT2D eigenvalue weighted by molar-refractivity contribution is 5.86. The molecule has 5 heteroatoms. The van der Waals surface area contributed by atoms with Crippen molar-refractivity contribution in [1.82, 2.24) is 4.90 Å². The third-order valence-corrected chi connectivity index (χ3v) is 2.55. The van der Waals surface area contributed by atoms with E-state index in [1.54, 1.807) is 0 Å². The minimum atomic E-state index is -0.968. The van der Waals surface area contributed by atoms with Crippen molar-refractivity contribution in [3.8, 4) is 0 Å². The molecule has 1 fully saturated rings. The average molecular weight is 214 g/mol. The number of amides is 1. The Morgan fingerprint density at radius 1 is 1.60 bits per heavy atom. The number of carboxylic acid groups (broad SMARTS) is 1. The molecule has 5 nitrogen and oxygen atoms in total. The third kappa shape index (κ3) is 2.47. The van der Waals surface area contributed by atoms with Gasteiger partial charge in [0.1, 0.15) is 6.04 Å². The predicted octanol–water partition coefficient (Wildman–Crippen LogP) is 0.0453. The van der Waals surface area contributed by atoms with Gasteiger partial charge in [0.05, 0.1) is 0 Å². The first-order valence-electron chi connectivity index (χ1n) is 5.01. The van der Waals surface area contributed by atoms with Crippen LogP contribution in [0.3, 0.4) is 0 Å². The van der Waals surface area contributed by atoms with E-state index in [2.05, 4.69) is 0 Å². The highest BCUT2D eigenvalue weighted by Gasteiger charge is 2.42. The number of carbonyl (C=O) groups is 2. The van der Waals surface area contributed by atoms with Gasteiger partial charge < -0.3 is 15.7 Å². The smallest absolute Gasteiger partial charge is 0.326 e. The number of rotatable bonds is 2. The van der Waals surface area contributed by atoms with Crippen LogP contribution in [0.4, 0.5) is 0 Å². The number of likely N-dealkylation sites (tertiary alicyclic amines) is 1. The average Bonchev–Trinajstić information content (AvgIpc) is 2.26. The summed E-state index contributed by atoms with van der Waals surface area (Å²) in [4.78, 5) is 24.1. The predicted molar refractivity (Wildman–Crippen MR) is 55.2 cm³/mol. The number of nitrogens with zero attached hydrogens (tertiary/aromatic N) is 1. The van der Waals surface area contributed by atoms with Crippen LogP contribution in [0.2, 0.25) is 0 Å². The molecule has 86 valence electrons. The Hall–Kier alpha value is -1.10. The Bertz CT molecular complexity index is 283. The standard InChI is InChI=1S/C10H18N2O3/c1-10(2,3)8(9(14)15)12-5-6(11)4-7(12)13/h6,8H,4-5,11H2,1-3H3,(H,14,15)/t6?,8-/m1/s1. The van der Waals surface area contributed by atoms with Crippen LogP contribution < -0.4 is 5.73 Å². The van der Waals surface area contributed by atoms with Gasteiger partial charge in [-0.05, 0) is 5.41 Å². The number of aliphatic carboxylic acids is 1. The van der Waals surface area contributed by atoms with Crippen LogP contribution in [0.25, 0.3) is 0 Å². The minimum Gasteiger partial charge on any atom is -0.480 e. The molecule has 1 aliphatic rings. The molecule has 1 amide bonds. The molecule has 3 N–H and O–H groups in total. The number of carbonyl (C=O) groups excluding carboxylic acids is 1. The van der Waals surface area contributed by atoms with Crippen molar-refractivity contribution in [3.63, 3.8) is 0 Å². The highest BCUT2D eigenvalue weighted by atomic mass is 16.4. The lowest BCUT2D eigenvalue weighted by Crippen LogP contribution is -2.50. The zero-order valence-electron chi connectivity index (χ0n) is 9.36. The zero-order chi connectivity index (χ0) is 11.8. The quantitative estimate of drug-likeness (QED) is 0.680. The Kier molecular flexibility index (Phi) is 3.04. The van der Waals surface area contributed by atoms with Gasteiger partial charge in [-0.3, -0.25) is 4.79 Å². The van der Waals surface area contributed by atoms with E-state index in [0.29, 0.717) is 6.54 Å². The van der Waals surface area contributed by atoms with Gasteiger partial charge in [0.25, 0.3) is 0 Å². The van der Waals surface area contributed by atoms with Gasteiger partial charge >= 0.3 is 5.97 Å². The summed E-state index contributed by atoms with van der Waals surface area (Å²) in [5.74, 6) is -1.13. The lowest BCUT2D eigenvalue weighted by molar-refractivity contribution is -0.153. The van der Waals surface area contributed by atoms with Crippen LogP contribution >= 0.6 is 0 Å². The van der Waals surface area contributed by atoms with Crippen LogP contribution in [0.15, 0.2) is 0 Å². The lowest BCUT2D eigenvalue weighted by atomic mass is 9.86. The van der Waals surface area contributed by atoms with Crippen LogP contribution in [-0.2, 0) is 9.59 Å². The Morgan fingerprint density at radius 3 is 2.40 bits per heavy atom. The maximum absolute atomic E-state index is 11.6. The molecule has 1 aliphatic heterocycles. The SMILES string of the molecule is CC(C)(C)[C@@H](C(=O)O)N1CC(N)CC1=O. The third-order valence-electron chi connectivity index (χ3n) is 2.55. The molecule has 0 bridgehead atoms. The van der Waals surface area contributed by atoms with Crippen LogP contribution in [0.1, 0.15) is 27.2 Å². The summed E-state index contributed by atoms with van der Waals surface area (Å²) in [5.41, 5.74) is 5.16. The van der Waals surface area contributed by atoms with Crippen molar-refractivity contribution in [2.75, 3.05) is 6.54 Å². The molecule has 0 radical (unpaired) electrons. The second-order valence-corrected chi connectivity index (χ2v) is 5.12. The lowest BCUT2D eigenvalue weighted by Gasteiger charge is -2.34. The number of hydrogen-bond donors (Lipinski definition) is 2. The van der Waals surface area contributed by atoms with Gasteiger partial charge in [0, 0.05) is 19.0 Å². The molecule has 0 saturated carbocycles. The fraction of sp³-hybridized carbons (Fsp3) is 0.800. The van der Waals surface area contributed by atoms with Gasteiger partial charge in [0.2, 0.25) is 5.91 Å². The summed E-state index contributed by atoms with van der Waals surface area (Å²) in [6.45, 7) is 5.77. The topological polar surface area (TPSA) is 83.6 Å². The highest BCUT2D eigenvalue weighted by Crippen LogP contribution is 2.27. The van der Waals surface area contributed by atoms with E-state index < -0.39 is 17.4 Å². The molecule has 0 aromatic rings. The Morgan fingerprint density at radius 2 is 2.13 bits per heavy atom. The first kappa shape index (κ1) is 12.0. The molecule has 0 aromatic carbocycles. The van der Waals surface area contributed by atoms with Crippen molar-refractivity contribution in [3.05, 3.63) is 0 Å². The molecule has 0 aliphatic carbocycles. The molecule has 15 heavy (non-hydrogen) atoms. The minimum absolute atomic E-state index is 0.162. The molecule has 2 atom stereocenters. The van der Waals surface area contributed by atoms with E-state index in [1.165, 1.54) is 4.90 Å². The molecule has 1 unspecified atom stereocenters. The molecule has 1 saturated heterocycles. The maximum Gasteiger partial charge on any atom is 0.326 e. The van der Waals surface area contributed by atoms with E-state index >= 15 is 0 Å². The van der Waals surface area contributed by atoms with E-state index in [4.69, 9.17) is 10.8 Å². The molecular weight excluding hydrogens is 196 g/mol. The van der Waals surface area contributed by atoms with Gasteiger partial charge in [-0.1, -0.05) is 20.8 Å². The zero-order valence-corrected chi connectivity index (χ0v) is 9.36. The normalized spacial score (nSPS) is 24.4. The van der Waals surface area contributed by atoms with Crippen molar-refractivity contribution in [2.45, 2.75) is 39.3 Å². The monoisotopic (exact) mass is 214 g/mol. The molecule has 1 rings (SSSR count). The molecule has 1 heterocycles. The van der Waals surface area contributed by atoms with Crippen molar-refractivity contribution in [1.29, 1.82) is 0 Å². The van der Waals surface area contributed by atoms with Crippen LogP contribution in [-0.4, -0.2) is 40.5 Å². The largest absolute Gasteiger partial charge is 0.480 e. The first-order chi connectivity index (χ1) is 6.73. The fourth-order valence-corrected chi connectivity index (χ4v) is 1.98. The number of hydrogen-bond acceptors (Lipinski definition) is 3. The first-order valence-corrected chi connectivity index (χ1v) is 5.01. The van der Waals surface area contributed by atoms with E-state index in [1.807, 2.05) is 20.8 Å². The second kappa shape index (κ2) is 3.81. The van der Waals surface area contributed by atoms with Gasteiger partial charge in [-0.25, -0.2) is 4.79 Å². The fourth-order valence-electron chi connectivity index (χ4n) is 1.98. The summed E-state index contributed by atoms with van der Waals surface area (Å²) in [5, 5.41) is 9.14. The summed E-state index contributed by atoms with van der Waals surface area (Å²) in [6, 6.07) is -1.03. The van der Waals surface area contributed by atoms with Crippen molar-refractivity contribution >= 4 is 11.9 Å². The van der Waals surface area contributed by atoms with Gasteiger partial charge in [0.15, 0.2) is 0 Å². The number of carboxylic acids is 1. The van der Waals surface area contributed by atoms with Gasteiger partial charge in [-0.2, -0.15) is 0 Å². The second-order valence-electron chi connectivity index (χ2n) is 5.12. The summed E-state index contributed by atoms with van der Waals surface area (Å²) >= 11 is 0. The summed E-state index contributed by atoms with van der Waals surface area (Å²) in [6.07, 6.45) is 0.250. The summed E-state index contributed by atoms with van der Waals surface area (Å²) in [7, 11) is 0. The van der Waals surface area contributed by atoms with E-state index in [0.717, 1.165) is 0 Å². The van der Waals surface area contributed by atoms with Gasteiger partial charge in [-0.15, -0.1) is 0 Å². The van der Waals surface area contributed by atoms with Crippen LogP contribution in [0, 0.1) is 5.41 Å². The Balaban J connectivity index is 2.91. The molecule has 0 aromatic heterocycles. The van der Waals surface area contributed by atoms with Crippen LogP contribution in [0.5, 0.6) is 0 Å². The number of nitrogens with two attached hydrogens (primary N) is 1. The van der Waals surface area contributed by atoms with Crippen molar-refractivity contribution < 1.29 is 14.7 Å². The molecular formula is C10H18N2O3. The Labute approximate surface area is 89.2 Å². The molecule has 0 spiro atoms. The van der Waals surface area contributed by atoms with Crippen molar-refractivity contribution in [2.24, 2.45) is 11.1 Å². The van der Waals surface area contributed by atoms with E-state index in [-0.39, 0.29) is 18.4 Å². The maximum atomic E-state index is 11.6. The summed E-state index contributed by atoms with van der Waals surface area (Å²) < 4.78 is 0. The van der Waals surface area contributed by atoms with E-state index in [9.17, 15) is 9.59 Å².